The summed E-state index contributed by atoms with van der Waals surface area (Å²) in [5.74, 6) is 1.23. The number of hydrogen-bond acceptors (Lipinski definition) is 6. The van der Waals surface area contributed by atoms with Crippen LogP contribution >= 0.6 is 0 Å². The molecular formula is C18H22FN5O2. The smallest absolute Gasteiger partial charge is 0.241 e. The van der Waals surface area contributed by atoms with E-state index >= 15 is 0 Å². The molecule has 1 atom stereocenters. The van der Waals surface area contributed by atoms with Gasteiger partial charge in [-0.15, -0.1) is 0 Å². The number of rotatable bonds is 6. The van der Waals surface area contributed by atoms with Crippen LogP contribution in [0.1, 0.15) is 6.92 Å². The molecule has 26 heavy (non-hydrogen) atoms. The van der Waals surface area contributed by atoms with E-state index in [1.165, 1.54) is 12.4 Å². The average molecular weight is 359 g/mol. The van der Waals surface area contributed by atoms with E-state index in [1.54, 1.807) is 36.2 Å². The lowest BCUT2D eigenvalue weighted by Gasteiger charge is -2.32. The summed E-state index contributed by atoms with van der Waals surface area (Å²) in [6, 6.07) is 8.11. The quantitative estimate of drug-likeness (QED) is 0.848. The first-order valence-corrected chi connectivity index (χ1v) is 8.49. The van der Waals surface area contributed by atoms with Crippen molar-refractivity contribution in [3.63, 3.8) is 0 Å². The van der Waals surface area contributed by atoms with E-state index in [4.69, 9.17) is 4.74 Å². The third kappa shape index (κ3) is 4.38. The molecule has 138 valence electrons. The molecule has 1 aliphatic heterocycles. The van der Waals surface area contributed by atoms with Crippen LogP contribution in [0.25, 0.3) is 0 Å². The minimum atomic E-state index is -0.386. The zero-order valence-corrected chi connectivity index (χ0v) is 14.9. The van der Waals surface area contributed by atoms with Gasteiger partial charge in [-0.25, -0.2) is 14.4 Å². The predicted octanol–water partition coefficient (Wildman–Crippen LogP) is 1.77. The van der Waals surface area contributed by atoms with E-state index in [0.717, 1.165) is 6.54 Å². The number of aromatic nitrogens is 2. The number of piperazine rings is 1. The Morgan fingerprint density at radius 1 is 1.31 bits per heavy atom. The van der Waals surface area contributed by atoms with E-state index in [9.17, 15) is 9.18 Å². The number of benzene rings is 1. The maximum absolute atomic E-state index is 13.6. The van der Waals surface area contributed by atoms with Crippen LogP contribution in [0.2, 0.25) is 0 Å². The van der Waals surface area contributed by atoms with Gasteiger partial charge in [0.25, 0.3) is 0 Å². The Hall–Kier alpha value is -2.90. The van der Waals surface area contributed by atoms with Crippen LogP contribution in [-0.2, 0) is 4.79 Å². The van der Waals surface area contributed by atoms with Crippen molar-refractivity contribution in [3.8, 4) is 5.75 Å². The molecule has 2 aromatic rings. The number of carbonyl (C=O) groups excluding carboxylic acids is 1. The van der Waals surface area contributed by atoms with Gasteiger partial charge < -0.3 is 19.9 Å². The standard InChI is InChI=1S/C18H22FN5O2/c1-13(26-15-6-4-3-5-14(15)19)10-20-16-9-17(22-12-21-16)24-8-7-23(2)18(25)11-24/h3-6,9,12-13H,7-8,10-11H2,1-2H3,(H,20,21,22). The second-order valence-corrected chi connectivity index (χ2v) is 6.24. The highest BCUT2D eigenvalue weighted by atomic mass is 19.1. The molecule has 1 amide bonds. The van der Waals surface area contributed by atoms with Gasteiger partial charge in [-0.05, 0) is 19.1 Å². The van der Waals surface area contributed by atoms with Crippen molar-refractivity contribution in [1.29, 1.82) is 0 Å². The monoisotopic (exact) mass is 359 g/mol. The SMILES string of the molecule is CC(CNc1cc(N2CCN(C)C(=O)C2)ncn1)Oc1ccccc1F. The third-order valence-corrected chi connectivity index (χ3v) is 4.17. The molecule has 2 heterocycles. The minimum absolute atomic E-state index is 0.0660. The fourth-order valence-corrected chi connectivity index (χ4v) is 2.62. The minimum Gasteiger partial charge on any atom is -0.486 e. The Kier molecular flexibility index (Phi) is 5.50. The van der Waals surface area contributed by atoms with Crippen molar-refractivity contribution < 1.29 is 13.9 Å². The number of anilines is 2. The molecule has 1 unspecified atom stereocenters. The molecule has 8 heteroatoms. The van der Waals surface area contributed by atoms with Crippen molar-refractivity contribution in [2.24, 2.45) is 0 Å². The molecule has 0 aliphatic carbocycles. The average Bonchev–Trinajstić information content (AvgIpc) is 2.64. The number of nitrogens with one attached hydrogen (secondary N) is 1. The molecule has 0 spiro atoms. The summed E-state index contributed by atoms with van der Waals surface area (Å²) in [6.07, 6.45) is 1.21. The highest BCUT2D eigenvalue weighted by Crippen LogP contribution is 2.18. The molecule has 1 aliphatic rings. The fraction of sp³-hybridized carbons (Fsp3) is 0.389. The van der Waals surface area contributed by atoms with Gasteiger partial charge in [0.2, 0.25) is 5.91 Å². The summed E-state index contributed by atoms with van der Waals surface area (Å²) in [5.41, 5.74) is 0. The molecule has 0 radical (unpaired) electrons. The topological polar surface area (TPSA) is 70.6 Å². The zero-order valence-electron chi connectivity index (χ0n) is 14.9. The number of nitrogens with zero attached hydrogens (tertiary/aromatic N) is 4. The van der Waals surface area contributed by atoms with Crippen molar-refractivity contribution in [2.75, 3.05) is 43.4 Å². The maximum atomic E-state index is 13.6. The van der Waals surface area contributed by atoms with Crippen LogP contribution < -0.4 is 15.0 Å². The van der Waals surface area contributed by atoms with Gasteiger partial charge in [0.1, 0.15) is 24.1 Å². The van der Waals surface area contributed by atoms with E-state index in [1.807, 2.05) is 11.8 Å². The van der Waals surface area contributed by atoms with Crippen molar-refractivity contribution >= 4 is 17.5 Å². The Morgan fingerprint density at radius 3 is 2.88 bits per heavy atom. The Morgan fingerprint density at radius 2 is 2.12 bits per heavy atom. The second kappa shape index (κ2) is 7.99. The Bertz CT molecular complexity index is 773. The first-order chi connectivity index (χ1) is 12.5. The van der Waals surface area contributed by atoms with Crippen LogP contribution in [0.5, 0.6) is 5.75 Å². The van der Waals surface area contributed by atoms with Gasteiger partial charge in [-0.3, -0.25) is 4.79 Å². The normalized spacial score (nSPS) is 15.7. The molecule has 0 saturated carbocycles. The largest absolute Gasteiger partial charge is 0.486 e. The summed E-state index contributed by atoms with van der Waals surface area (Å²) in [6.45, 7) is 4.00. The number of likely N-dealkylation sites (N-methyl/N-ethyl adjacent to an activating group) is 1. The lowest BCUT2D eigenvalue weighted by molar-refractivity contribution is -0.129. The van der Waals surface area contributed by atoms with Crippen LogP contribution in [0, 0.1) is 5.82 Å². The van der Waals surface area contributed by atoms with Gasteiger partial charge in [0.15, 0.2) is 11.6 Å². The first kappa shape index (κ1) is 17.9. The summed E-state index contributed by atoms with van der Waals surface area (Å²) in [7, 11) is 1.80. The van der Waals surface area contributed by atoms with Crippen molar-refractivity contribution in [2.45, 2.75) is 13.0 Å². The molecule has 1 aromatic heterocycles. The van der Waals surface area contributed by atoms with Gasteiger partial charge in [-0.2, -0.15) is 0 Å². The molecule has 3 rings (SSSR count). The van der Waals surface area contributed by atoms with Crippen molar-refractivity contribution in [3.05, 3.63) is 42.5 Å². The van der Waals surface area contributed by atoms with Crippen LogP contribution in [-0.4, -0.2) is 60.1 Å². The Balaban J connectivity index is 1.57. The van der Waals surface area contributed by atoms with E-state index in [2.05, 4.69) is 15.3 Å². The van der Waals surface area contributed by atoms with Gasteiger partial charge in [0, 0.05) is 26.2 Å². The summed E-state index contributed by atoms with van der Waals surface area (Å²) >= 11 is 0. The van der Waals surface area contributed by atoms with Crippen molar-refractivity contribution in [1.82, 2.24) is 14.9 Å². The van der Waals surface area contributed by atoms with Crippen LogP contribution in [0.3, 0.4) is 0 Å². The molecule has 1 aromatic carbocycles. The molecule has 1 fully saturated rings. The number of halogens is 1. The zero-order chi connectivity index (χ0) is 18.5. The van der Waals surface area contributed by atoms with E-state index in [0.29, 0.717) is 31.3 Å². The van der Waals surface area contributed by atoms with Gasteiger partial charge in [-0.1, -0.05) is 12.1 Å². The molecule has 0 bridgehead atoms. The Labute approximate surface area is 151 Å². The van der Waals surface area contributed by atoms with Crippen LogP contribution in [0.15, 0.2) is 36.7 Å². The first-order valence-electron chi connectivity index (χ1n) is 8.49. The van der Waals surface area contributed by atoms with E-state index in [-0.39, 0.29) is 23.6 Å². The summed E-state index contributed by atoms with van der Waals surface area (Å²) in [4.78, 5) is 23.9. The maximum Gasteiger partial charge on any atom is 0.241 e. The van der Waals surface area contributed by atoms with Gasteiger partial charge >= 0.3 is 0 Å². The lowest BCUT2D eigenvalue weighted by atomic mass is 10.3. The van der Waals surface area contributed by atoms with Gasteiger partial charge in [0.05, 0.1) is 13.1 Å². The third-order valence-electron chi connectivity index (χ3n) is 4.17. The second-order valence-electron chi connectivity index (χ2n) is 6.24. The van der Waals surface area contributed by atoms with Crippen LogP contribution in [0.4, 0.5) is 16.0 Å². The summed E-state index contributed by atoms with van der Waals surface area (Å²) < 4.78 is 19.2. The fourth-order valence-electron chi connectivity index (χ4n) is 2.62. The molecular weight excluding hydrogens is 337 g/mol. The molecule has 1 N–H and O–H groups in total. The number of para-hydroxylation sites is 1. The highest BCUT2D eigenvalue weighted by Gasteiger charge is 2.22. The highest BCUT2D eigenvalue weighted by molar-refractivity contribution is 5.82. The molecule has 7 nitrogen and oxygen atoms in total. The predicted molar refractivity (Wildman–Crippen MR) is 96.9 cm³/mol. The number of hydrogen-bond donors (Lipinski definition) is 1. The number of amides is 1. The number of carbonyl (C=O) groups is 1. The lowest BCUT2D eigenvalue weighted by Crippen LogP contribution is -2.48. The molecule has 1 saturated heterocycles. The summed E-state index contributed by atoms with van der Waals surface area (Å²) in [5, 5.41) is 3.16. The number of ether oxygens (including phenoxy) is 1. The van der Waals surface area contributed by atoms with E-state index < -0.39 is 0 Å².